The minimum atomic E-state index is -0.799. The number of aliphatic hydroxyl groups excluding tert-OH is 2. The molecule has 6 nitrogen and oxygen atoms in total. The fourth-order valence-electron chi connectivity index (χ4n) is 7.38. The summed E-state index contributed by atoms with van der Waals surface area (Å²) < 4.78 is 5.89. The number of hydrogen-bond donors (Lipinski definition) is 3. The fraction of sp³-hybridized carbons (Fsp3) is 0.745. The third kappa shape index (κ3) is 43.7. The van der Waals surface area contributed by atoms with Crippen LogP contribution in [-0.4, -0.2) is 46.9 Å². The van der Waals surface area contributed by atoms with E-state index in [9.17, 15) is 19.8 Å². The van der Waals surface area contributed by atoms with Crippen molar-refractivity contribution in [1.29, 1.82) is 0 Å². The average molecular weight is 852 g/mol. The summed E-state index contributed by atoms with van der Waals surface area (Å²) in [7, 11) is 0. The number of allylic oxidation sites excluding steroid dienone is 12. The van der Waals surface area contributed by atoms with Gasteiger partial charge in [0.15, 0.2) is 0 Å². The Bertz CT molecular complexity index is 1140. The lowest BCUT2D eigenvalue weighted by Crippen LogP contribution is -2.46. The zero-order chi connectivity index (χ0) is 44.5. The summed E-state index contributed by atoms with van der Waals surface area (Å²) in [5.41, 5.74) is 0. The van der Waals surface area contributed by atoms with Crippen molar-refractivity contribution in [2.45, 2.75) is 257 Å². The van der Waals surface area contributed by atoms with Gasteiger partial charge >= 0.3 is 5.97 Å². The SMILES string of the molecule is CC/C=C\C/C=C\C/C=C\C/C=C\C/C=C\CCCCCC(=O)OC(CCCCC/C=C\CCCC)CC(=O)NC(CO)C(O)CCCCCCCCCCCCCCCC. The van der Waals surface area contributed by atoms with Gasteiger partial charge in [0.25, 0.3) is 0 Å². The van der Waals surface area contributed by atoms with Crippen molar-refractivity contribution in [2.24, 2.45) is 0 Å². The highest BCUT2D eigenvalue weighted by Crippen LogP contribution is 2.17. The lowest BCUT2D eigenvalue weighted by atomic mass is 10.0. The van der Waals surface area contributed by atoms with E-state index in [-0.39, 0.29) is 24.9 Å². The summed E-state index contributed by atoms with van der Waals surface area (Å²) in [5.74, 6) is -0.532. The number of amides is 1. The molecule has 6 heteroatoms. The van der Waals surface area contributed by atoms with Crippen LogP contribution in [0.4, 0.5) is 0 Å². The van der Waals surface area contributed by atoms with E-state index in [0.717, 1.165) is 109 Å². The maximum atomic E-state index is 13.2. The third-order valence-corrected chi connectivity index (χ3v) is 11.3. The Labute approximate surface area is 377 Å². The second kappa shape index (κ2) is 48.3. The van der Waals surface area contributed by atoms with Gasteiger partial charge in [0.1, 0.15) is 6.10 Å². The average Bonchev–Trinajstić information content (AvgIpc) is 3.25. The zero-order valence-electron chi connectivity index (χ0n) is 40.0. The van der Waals surface area contributed by atoms with Crippen molar-refractivity contribution in [2.75, 3.05) is 6.61 Å². The maximum absolute atomic E-state index is 13.2. The van der Waals surface area contributed by atoms with Crippen LogP contribution in [0.15, 0.2) is 72.9 Å². The molecule has 3 atom stereocenters. The van der Waals surface area contributed by atoms with E-state index in [1.165, 1.54) is 83.5 Å². The first-order valence-electron chi connectivity index (χ1n) is 25.7. The molecule has 0 rings (SSSR count). The van der Waals surface area contributed by atoms with Crippen LogP contribution in [0.1, 0.15) is 239 Å². The first-order chi connectivity index (χ1) is 30.0. The molecule has 3 unspecified atom stereocenters. The van der Waals surface area contributed by atoms with Gasteiger partial charge in [-0.15, -0.1) is 0 Å². The van der Waals surface area contributed by atoms with E-state index in [0.29, 0.717) is 19.3 Å². The number of nitrogens with one attached hydrogen (secondary N) is 1. The molecular formula is C55H97NO5. The van der Waals surface area contributed by atoms with Gasteiger partial charge < -0.3 is 20.3 Å². The van der Waals surface area contributed by atoms with Crippen LogP contribution < -0.4 is 5.32 Å². The summed E-state index contributed by atoms with van der Waals surface area (Å²) >= 11 is 0. The molecule has 0 heterocycles. The van der Waals surface area contributed by atoms with E-state index in [2.05, 4.69) is 99.0 Å². The van der Waals surface area contributed by atoms with Gasteiger partial charge in [-0.1, -0.05) is 209 Å². The molecule has 3 N–H and O–H groups in total. The van der Waals surface area contributed by atoms with Gasteiger partial charge in [-0.25, -0.2) is 0 Å². The summed E-state index contributed by atoms with van der Waals surface area (Å²) in [6.45, 7) is 6.31. The van der Waals surface area contributed by atoms with Crippen molar-refractivity contribution in [1.82, 2.24) is 5.32 Å². The van der Waals surface area contributed by atoms with Crippen LogP contribution in [0.5, 0.6) is 0 Å². The molecule has 0 saturated carbocycles. The van der Waals surface area contributed by atoms with Crippen LogP contribution in [0, 0.1) is 0 Å². The molecule has 0 aliphatic heterocycles. The van der Waals surface area contributed by atoms with Crippen LogP contribution in [0.2, 0.25) is 0 Å². The van der Waals surface area contributed by atoms with Crippen molar-refractivity contribution in [3.63, 3.8) is 0 Å². The van der Waals surface area contributed by atoms with E-state index in [4.69, 9.17) is 4.74 Å². The lowest BCUT2D eigenvalue weighted by molar-refractivity contribution is -0.151. The fourth-order valence-corrected chi connectivity index (χ4v) is 7.38. The predicted molar refractivity (Wildman–Crippen MR) is 264 cm³/mol. The maximum Gasteiger partial charge on any atom is 0.306 e. The lowest BCUT2D eigenvalue weighted by Gasteiger charge is -2.24. The Balaban J connectivity index is 4.53. The first kappa shape index (κ1) is 58.3. The number of esters is 1. The number of unbranched alkanes of at least 4 members (excludes halogenated alkanes) is 21. The number of rotatable bonds is 45. The molecule has 0 saturated heterocycles. The van der Waals surface area contributed by atoms with Crippen LogP contribution >= 0.6 is 0 Å². The Morgan fingerprint density at radius 3 is 1.41 bits per heavy atom. The number of carbonyl (C=O) groups is 2. The molecule has 0 aliphatic rings. The Morgan fingerprint density at radius 1 is 0.492 bits per heavy atom. The van der Waals surface area contributed by atoms with Crippen molar-refractivity contribution < 1.29 is 24.5 Å². The second-order valence-electron chi connectivity index (χ2n) is 17.2. The summed E-state index contributed by atoms with van der Waals surface area (Å²) in [6.07, 6.45) is 61.1. The summed E-state index contributed by atoms with van der Waals surface area (Å²) in [4.78, 5) is 26.1. The van der Waals surface area contributed by atoms with Gasteiger partial charge in [0.2, 0.25) is 5.91 Å². The van der Waals surface area contributed by atoms with Crippen molar-refractivity contribution >= 4 is 11.9 Å². The highest BCUT2D eigenvalue weighted by molar-refractivity contribution is 5.77. The van der Waals surface area contributed by atoms with Gasteiger partial charge in [0, 0.05) is 6.42 Å². The molecule has 0 radical (unpaired) electrons. The number of hydrogen-bond acceptors (Lipinski definition) is 5. The van der Waals surface area contributed by atoms with Gasteiger partial charge in [-0.2, -0.15) is 0 Å². The molecule has 61 heavy (non-hydrogen) atoms. The monoisotopic (exact) mass is 852 g/mol. The molecule has 0 fully saturated rings. The highest BCUT2D eigenvalue weighted by Gasteiger charge is 2.24. The van der Waals surface area contributed by atoms with Gasteiger partial charge in [-0.3, -0.25) is 9.59 Å². The smallest absolute Gasteiger partial charge is 0.306 e. The summed E-state index contributed by atoms with van der Waals surface area (Å²) in [5, 5.41) is 23.7. The second-order valence-corrected chi connectivity index (χ2v) is 17.2. The van der Waals surface area contributed by atoms with E-state index < -0.39 is 18.2 Å². The standard InChI is InChI=1S/C55H97NO5/c1-4-7-10-13-16-19-21-23-25-26-27-28-29-31-33-36-39-42-45-48-55(60)61-51(46-43-40-37-34-18-15-12-9-6-3)49-54(59)56-52(50-57)53(58)47-44-41-38-35-32-30-24-22-20-17-14-11-8-5-2/h7,10,15-16,18-19,23,25,27-28,31,33,51-53,57-58H,4-6,8-9,11-14,17,20-22,24,26,29-30,32,34-50H2,1-3H3,(H,56,59)/b10-7-,18-15-,19-16-,25-23-,28-27-,33-31-. The van der Waals surface area contributed by atoms with Crippen molar-refractivity contribution in [3.8, 4) is 0 Å². The van der Waals surface area contributed by atoms with E-state index in [1.54, 1.807) is 0 Å². The van der Waals surface area contributed by atoms with Crippen LogP contribution in [-0.2, 0) is 14.3 Å². The summed E-state index contributed by atoms with van der Waals surface area (Å²) in [6, 6.07) is -0.715. The Morgan fingerprint density at radius 2 is 0.902 bits per heavy atom. The number of carbonyl (C=O) groups excluding carboxylic acids is 2. The third-order valence-electron chi connectivity index (χ3n) is 11.3. The molecule has 1 amide bonds. The quantitative estimate of drug-likeness (QED) is 0.0322. The highest BCUT2D eigenvalue weighted by atomic mass is 16.5. The Kier molecular flexibility index (Phi) is 46.2. The number of ether oxygens (including phenoxy) is 1. The molecular weight excluding hydrogens is 755 g/mol. The Hall–Kier alpha value is -2.70. The van der Waals surface area contributed by atoms with Crippen molar-refractivity contribution in [3.05, 3.63) is 72.9 Å². The zero-order valence-corrected chi connectivity index (χ0v) is 40.0. The predicted octanol–water partition coefficient (Wildman–Crippen LogP) is 15.4. The van der Waals surface area contributed by atoms with Crippen LogP contribution in [0.25, 0.3) is 0 Å². The normalized spacial score (nSPS) is 13.9. The number of aliphatic hydroxyl groups is 2. The molecule has 0 bridgehead atoms. The molecule has 0 spiro atoms. The molecule has 0 aliphatic carbocycles. The van der Waals surface area contributed by atoms with Gasteiger partial charge in [0.05, 0.1) is 25.2 Å². The van der Waals surface area contributed by atoms with E-state index >= 15 is 0 Å². The van der Waals surface area contributed by atoms with Gasteiger partial charge in [-0.05, 0) is 89.9 Å². The minimum absolute atomic E-state index is 0.0504. The van der Waals surface area contributed by atoms with Crippen LogP contribution in [0.3, 0.4) is 0 Å². The molecule has 0 aromatic carbocycles. The molecule has 0 aromatic heterocycles. The molecule has 0 aromatic rings. The largest absolute Gasteiger partial charge is 0.462 e. The first-order valence-corrected chi connectivity index (χ1v) is 25.7. The minimum Gasteiger partial charge on any atom is -0.462 e. The molecule has 352 valence electrons. The van der Waals surface area contributed by atoms with E-state index in [1.807, 2.05) is 0 Å². The topological polar surface area (TPSA) is 95.9 Å².